The minimum Gasteiger partial charge on any atom is -0.392 e. The molecule has 4 atom stereocenters. The van der Waals surface area contributed by atoms with Crippen molar-refractivity contribution in [2.75, 3.05) is 6.61 Å². The second-order valence-electron chi connectivity index (χ2n) is 6.75. The molecule has 0 aliphatic heterocycles. The maximum absolute atomic E-state index is 9.05. The molecule has 0 amide bonds. The van der Waals surface area contributed by atoms with Gasteiger partial charge in [-0.05, 0) is 75.0 Å². The van der Waals surface area contributed by atoms with E-state index in [-0.39, 0.29) is 6.61 Å². The largest absolute Gasteiger partial charge is 0.392 e. The Balaban J connectivity index is 1.68. The highest BCUT2D eigenvalue weighted by molar-refractivity contribution is 5.09. The zero-order valence-electron chi connectivity index (χ0n) is 11.1. The summed E-state index contributed by atoms with van der Waals surface area (Å²) in [5, 5.41) is 9.05. The van der Waals surface area contributed by atoms with Gasteiger partial charge < -0.3 is 5.11 Å². The number of aliphatic hydroxyl groups excluding tert-OH is 1. The van der Waals surface area contributed by atoms with Crippen molar-refractivity contribution < 1.29 is 5.11 Å². The topological polar surface area (TPSA) is 20.2 Å². The smallest absolute Gasteiger partial charge is 0.0639 e. The van der Waals surface area contributed by atoms with Crippen LogP contribution in [0, 0.1) is 23.2 Å². The van der Waals surface area contributed by atoms with E-state index < -0.39 is 0 Å². The average molecular weight is 234 g/mol. The Kier molecular flexibility index (Phi) is 3.06. The molecule has 1 heteroatoms. The first-order valence-electron chi connectivity index (χ1n) is 7.53. The summed E-state index contributed by atoms with van der Waals surface area (Å²) in [6.07, 6.45) is 14.0. The highest BCUT2D eigenvalue weighted by Gasteiger charge is 2.58. The molecule has 0 saturated heterocycles. The first-order chi connectivity index (χ1) is 8.26. The minimum atomic E-state index is 0.239. The van der Waals surface area contributed by atoms with Gasteiger partial charge in [0.15, 0.2) is 0 Å². The van der Waals surface area contributed by atoms with Gasteiger partial charge in [0.1, 0.15) is 0 Å². The van der Waals surface area contributed by atoms with Crippen LogP contribution in [0.15, 0.2) is 11.6 Å². The number of fused-ring (bicyclic) bond motifs is 5. The van der Waals surface area contributed by atoms with Gasteiger partial charge in [-0.1, -0.05) is 18.1 Å². The zero-order chi connectivity index (χ0) is 11.9. The molecule has 3 fully saturated rings. The molecule has 96 valence electrons. The van der Waals surface area contributed by atoms with Crippen molar-refractivity contribution in [3.63, 3.8) is 0 Å². The van der Waals surface area contributed by atoms with Crippen LogP contribution in [-0.2, 0) is 0 Å². The third-order valence-corrected chi connectivity index (χ3v) is 6.10. The lowest BCUT2D eigenvalue weighted by Gasteiger charge is -2.39. The second-order valence-corrected chi connectivity index (χ2v) is 6.75. The molecule has 0 spiro atoms. The molecule has 2 bridgehead atoms. The first-order valence-corrected chi connectivity index (χ1v) is 7.53. The highest BCUT2D eigenvalue weighted by Crippen LogP contribution is 2.67. The Morgan fingerprint density at radius 1 is 1.35 bits per heavy atom. The van der Waals surface area contributed by atoms with Crippen molar-refractivity contribution in [2.45, 2.75) is 58.3 Å². The van der Waals surface area contributed by atoms with Crippen molar-refractivity contribution in [1.82, 2.24) is 0 Å². The van der Waals surface area contributed by atoms with Gasteiger partial charge in [-0.15, -0.1) is 0 Å². The Morgan fingerprint density at radius 2 is 2.24 bits per heavy atom. The van der Waals surface area contributed by atoms with Crippen LogP contribution in [-0.4, -0.2) is 11.7 Å². The third-order valence-electron chi connectivity index (χ3n) is 6.10. The lowest BCUT2D eigenvalue weighted by atomic mass is 9.65. The quantitative estimate of drug-likeness (QED) is 0.731. The number of rotatable bonds is 4. The van der Waals surface area contributed by atoms with Crippen LogP contribution in [0.4, 0.5) is 0 Å². The molecule has 0 aromatic rings. The van der Waals surface area contributed by atoms with E-state index in [1.807, 2.05) is 6.92 Å². The van der Waals surface area contributed by atoms with Crippen molar-refractivity contribution in [3.05, 3.63) is 11.6 Å². The summed E-state index contributed by atoms with van der Waals surface area (Å²) in [6.45, 7) is 2.28. The molecule has 17 heavy (non-hydrogen) atoms. The molecular weight excluding hydrogens is 208 g/mol. The number of hydrogen-bond donors (Lipinski definition) is 1. The summed E-state index contributed by atoms with van der Waals surface area (Å²) in [5.74, 6) is 3.22. The van der Waals surface area contributed by atoms with Crippen LogP contribution < -0.4 is 0 Å². The lowest BCUT2D eigenvalue weighted by Crippen LogP contribution is -2.31. The van der Waals surface area contributed by atoms with Gasteiger partial charge in [0, 0.05) is 0 Å². The van der Waals surface area contributed by atoms with Gasteiger partial charge in [-0.2, -0.15) is 0 Å². The van der Waals surface area contributed by atoms with Gasteiger partial charge >= 0.3 is 0 Å². The first kappa shape index (κ1) is 11.8. The van der Waals surface area contributed by atoms with E-state index in [0.717, 1.165) is 28.7 Å². The molecule has 0 radical (unpaired) electrons. The number of allylic oxidation sites excluding steroid dienone is 1. The molecule has 0 aromatic heterocycles. The predicted octanol–water partition coefficient (Wildman–Crippen LogP) is 3.92. The van der Waals surface area contributed by atoms with Gasteiger partial charge in [-0.3, -0.25) is 0 Å². The van der Waals surface area contributed by atoms with Crippen LogP contribution in [0.3, 0.4) is 0 Å². The molecule has 0 heterocycles. The molecular formula is C16H26O. The zero-order valence-corrected chi connectivity index (χ0v) is 11.1. The van der Waals surface area contributed by atoms with Crippen molar-refractivity contribution in [2.24, 2.45) is 23.2 Å². The van der Waals surface area contributed by atoms with Crippen LogP contribution in [0.2, 0.25) is 0 Å². The summed E-state index contributed by atoms with van der Waals surface area (Å²) in [5.41, 5.74) is 1.88. The van der Waals surface area contributed by atoms with E-state index in [9.17, 15) is 0 Å². The van der Waals surface area contributed by atoms with E-state index in [1.165, 1.54) is 44.9 Å². The molecule has 3 rings (SSSR count). The Labute approximate surface area is 105 Å². The van der Waals surface area contributed by atoms with E-state index in [2.05, 4.69) is 6.08 Å². The van der Waals surface area contributed by atoms with E-state index in [4.69, 9.17) is 5.11 Å². The predicted molar refractivity (Wildman–Crippen MR) is 70.7 cm³/mol. The molecule has 1 nitrogen and oxygen atoms in total. The van der Waals surface area contributed by atoms with E-state index in [0.29, 0.717) is 0 Å². The number of hydrogen-bond acceptors (Lipinski definition) is 1. The van der Waals surface area contributed by atoms with Gasteiger partial charge in [0.2, 0.25) is 0 Å². The third kappa shape index (κ3) is 1.78. The standard InChI is InChI=1S/C16H26O/c1-12(11-17)4-2-8-16-9-3-5-15(16)13-6-7-14(16)10-13/h4,13-15,17H,2-3,5-11H2,1H3/b12-4-/t13-,14+,15-,16+/m1/s1. The summed E-state index contributed by atoms with van der Waals surface area (Å²) >= 11 is 0. The highest BCUT2D eigenvalue weighted by atomic mass is 16.3. The van der Waals surface area contributed by atoms with Crippen LogP contribution >= 0.6 is 0 Å². The van der Waals surface area contributed by atoms with Crippen LogP contribution in [0.1, 0.15) is 58.3 Å². The van der Waals surface area contributed by atoms with Crippen molar-refractivity contribution >= 4 is 0 Å². The molecule has 0 aromatic carbocycles. The van der Waals surface area contributed by atoms with Gasteiger partial charge in [-0.25, -0.2) is 0 Å². The maximum Gasteiger partial charge on any atom is 0.0639 e. The molecule has 3 aliphatic rings. The summed E-state index contributed by atoms with van der Waals surface area (Å²) < 4.78 is 0. The Bertz CT molecular complexity index is 319. The molecule has 3 aliphatic carbocycles. The minimum absolute atomic E-state index is 0.239. The fraction of sp³-hybridized carbons (Fsp3) is 0.875. The number of aliphatic hydroxyl groups is 1. The fourth-order valence-electron chi connectivity index (χ4n) is 5.41. The normalized spacial score (nSPS) is 44.4. The van der Waals surface area contributed by atoms with Gasteiger partial charge in [0.05, 0.1) is 6.61 Å². The van der Waals surface area contributed by atoms with Gasteiger partial charge in [0.25, 0.3) is 0 Å². The van der Waals surface area contributed by atoms with Crippen LogP contribution in [0.5, 0.6) is 0 Å². The van der Waals surface area contributed by atoms with E-state index >= 15 is 0 Å². The fourth-order valence-corrected chi connectivity index (χ4v) is 5.41. The summed E-state index contributed by atoms with van der Waals surface area (Å²) in [6, 6.07) is 0. The second kappa shape index (κ2) is 4.42. The summed E-state index contributed by atoms with van der Waals surface area (Å²) in [4.78, 5) is 0. The SMILES string of the molecule is C/C(=C/CC[C@@]12CCC[C@@H]1[C@@H]1CC[C@H]2C1)CO. The Hall–Kier alpha value is -0.300. The van der Waals surface area contributed by atoms with Crippen LogP contribution in [0.25, 0.3) is 0 Å². The monoisotopic (exact) mass is 234 g/mol. The maximum atomic E-state index is 9.05. The van der Waals surface area contributed by atoms with E-state index in [1.54, 1.807) is 6.42 Å². The molecule has 0 unspecified atom stereocenters. The average Bonchev–Trinajstić information content (AvgIpc) is 3.00. The lowest BCUT2D eigenvalue weighted by molar-refractivity contribution is 0.100. The molecule has 1 N–H and O–H groups in total. The van der Waals surface area contributed by atoms with Crippen molar-refractivity contribution in [3.8, 4) is 0 Å². The summed E-state index contributed by atoms with van der Waals surface area (Å²) in [7, 11) is 0. The molecule has 3 saturated carbocycles. The Morgan fingerprint density at radius 3 is 3.06 bits per heavy atom. The van der Waals surface area contributed by atoms with Crippen molar-refractivity contribution in [1.29, 1.82) is 0 Å².